The first-order valence-electron chi connectivity index (χ1n) is 15.3. The van der Waals surface area contributed by atoms with Gasteiger partial charge in [-0.05, 0) is 56.2 Å². The van der Waals surface area contributed by atoms with Crippen LogP contribution < -0.4 is 19.7 Å². The fourth-order valence-electron chi connectivity index (χ4n) is 5.13. The molecular weight excluding hydrogens is 636 g/mol. The molecule has 1 aliphatic heterocycles. The van der Waals surface area contributed by atoms with Crippen molar-refractivity contribution in [1.29, 1.82) is 0 Å². The van der Waals surface area contributed by atoms with Gasteiger partial charge in [0.15, 0.2) is 17.5 Å². The normalized spacial score (nSPS) is 16.0. The molecule has 0 radical (unpaired) electrons. The van der Waals surface area contributed by atoms with Gasteiger partial charge in [-0.25, -0.2) is 24.1 Å². The first kappa shape index (κ1) is 34.1. The number of anilines is 1. The minimum Gasteiger partial charge on any atom is -0.497 e. The molecule has 2 fully saturated rings. The molecule has 2 aromatic carbocycles. The molecule has 2 aliphatic rings. The highest BCUT2D eigenvalue weighted by Gasteiger charge is 2.38. The lowest BCUT2D eigenvalue weighted by molar-refractivity contribution is -0.192. The van der Waals surface area contributed by atoms with Crippen LogP contribution in [0.2, 0.25) is 0 Å². The summed E-state index contributed by atoms with van der Waals surface area (Å²) in [6, 6.07) is 12.8. The van der Waals surface area contributed by atoms with E-state index in [9.17, 15) is 18.0 Å². The second-order valence-electron chi connectivity index (χ2n) is 11.4. The molecular formula is C33H34F4N6O5. The topological polar surface area (TPSA) is 143 Å². The second kappa shape index (κ2) is 15.1. The van der Waals surface area contributed by atoms with E-state index in [-0.39, 0.29) is 17.8 Å². The molecule has 4 aromatic rings. The number of halogens is 4. The fourth-order valence-corrected chi connectivity index (χ4v) is 5.13. The molecule has 48 heavy (non-hydrogen) atoms. The van der Waals surface area contributed by atoms with Crippen molar-refractivity contribution in [3.63, 3.8) is 0 Å². The molecule has 254 valence electrons. The van der Waals surface area contributed by atoms with Crippen molar-refractivity contribution in [3.05, 3.63) is 72.4 Å². The van der Waals surface area contributed by atoms with Gasteiger partial charge in [0.25, 0.3) is 5.91 Å². The number of carboxylic acid groups (broad SMARTS) is 1. The molecule has 1 atom stereocenters. The van der Waals surface area contributed by atoms with Crippen LogP contribution in [0.15, 0.2) is 61.1 Å². The van der Waals surface area contributed by atoms with Gasteiger partial charge < -0.3 is 29.8 Å². The van der Waals surface area contributed by atoms with Crippen LogP contribution in [-0.4, -0.2) is 75.9 Å². The number of H-pyrrole nitrogens is 1. The van der Waals surface area contributed by atoms with Gasteiger partial charge in [-0.3, -0.25) is 4.79 Å². The van der Waals surface area contributed by atoms with Crippen LogP contribution in [0.3, 0.4) is 0 Å². The minimum absolute atomic E-state index is 0.115. The van der Waals surface area contributed by atoms with E-state index in [1.54, 1.807) is 37.7 Å². The summed E-state index contributed by atoms with van der Waals surface area (Å²) in [5.41, 5.74) is 2.11. The molecule has 15 heteroatoms. The lowest BCUT2D eigenvalue weighted by Gasteiger charge is -2.37. The van der Waals surface area contributed by atoms with Crippen LogP contribution in [0.4, 0.5) is 23.4 Å². The van der Waals surface area contributed by atoms with Gasteiger partial charge in [0.05, 0.1) is 19.9 Å². The number of alkyl halides is 3. The van der Waals surface area contributed by atoms with E-state index < -0.39 is 18.0 Å². The minimum atomic E-state index is -5.08. The van der Waals surface area contributed by atoms with Gasteiger partial charge in [-0.15, -0.1) is 0 Å². The van der Waals surface area contributed by atoms with E-state index >= 15 is 4.39 Å². The molecule has 3 N–H and O–H groups in total. The Bertz CT molecular complexity index is 1720. The number of nitrogens with zero attached hydrogens (tertiary/aromatic N) is 4. The number of hydrogen-bond donors (Lipinski definition) is 3. The van der Waals surface area contributed by atoms with E-state index in [1.165, 1.54) is 19.0 Å². The second-order valence-corrected chi connectivity index (χ2v) is 11.4. The maximum atomic E-state index is 15.2. The number of nitrogens with one attached hydrogen (secondary N) is 2. The summed E-state index contributed by atoms with van der Waals surface area (Å²) >= 11 is 0. The number of rotatable bonds is 10. The first-order chi connectivity index (χ1) is 23.0. The van der Waals surface area contributed by atoms with E-state index in [0.29, 0.717) is 48.5 Å². The number of ether oxygens (including phenoxy) is 2. The predicted octanol–water partition coefficient (Wildman–Crippen LogP) is 5.89. The Morgan fingerprint density at radius 1 is 1.06 bits per heavy atom. The third kappa shape index (κ3) is 8.98. The number of imidazole rings is 1. The van der Waals surface area contributed by atoms with Gasteiger partial charge in [0.1, 0.15) is 17.3 Å². The zero-order valence-electron chi connectivity index (χ0n) is 26.0. The zero-order chi connectivity index (χ0) is 34.3. The van der Waals surface area contributed by atoms with Gasteiger partial charge in [-0.2, -0.15) is 13.2 Å². The van der Waals surface area contributed by atoms with Crippen molar-refractivity contribution < 1.29 is 41.7 Å². The molecule has 2 aromatic heterocycles. The predicted molar refractivity (Wildman–Crippen MR) is 167 cm³/mol. The summed E-state index contributed by atoms with van der Waals surface area (Å²) in [7, 11) is 1.57. The molecule has 1 unspecified atom stereocenters. The summed E-state index contributed by atoms with van der Waals surface area (Å²) in [5.74, 6) is -0.289. The fraction of sp³-hybridized carbons (Fsp3) is 0.364. The Morgan fingerprint density at radius 3 is 2.50 bits per heavy atom. The quantitative estimate of drug-likeness (QED) is 0.176. The van der Waals surface area contributed by atoms with Crippen LogP contribution in [0.1, 0.15) is 42.5 Å². The number of piperidine rings is 1. The molecule has 1 aliphatic carbocycles. The van der Waals surface area contributed by atoms with E-state index in [2.05, 4.69) is 25.3 Å². The summed E-state index contributed by atoms with van der Waals surface area (Å²) in [4.78, 5) is 40.4. The molecule has 1 saturated carbocycles. The maximum Gasteiger partial charge on any atom is 0.490 e. The van der Waals surface area contributed by atoms with Gasteiger partial charge in [-0.1, -0.05) is 18.2 Å². The Morgan fingerprint density at radius 2 is 1.81 bits per heavy atom. The lowest BCUT2D eigenvalue weighted by atomic mass is 10.0. The highest BCUT2D eigenvalue weighted by molar-refractivity contribution is 5.95. The number of hydrogen-bond acceptors (Lipinski definition) is 8. The van der Waals surface area contributed by atoms with Gasteiger partial charge >= 0.3 is 12.1 Å². The number of aliphatic carboxylic acids is 1. The number of carboxylic acids is 1. The summed E-state index contributed by atoms with van der Waals surface area (Å²) in [5, 5.41) is 10.2. The zero-order valence-corrected chi connectivity index (χ0v) is 26.0. The van der Waals surface area contributed by atoms with Crippen LogP contribution in [0.25, 0.3) is 22.8 Å². The third-order valence-electron chi connectivity index (χ3n) is 7.82. The number of carbonyl (C=O) groups is 2. The molecule has 11 nitrogen and oxygen atoms in total. The molecule has 1 saturated heterocycles. The van der Waals surface area contributed by atoms with Crippen molar-refractivity contribution in [2.75, 3.05) is 31.7 Å². The summed E-state index contributed by atoms with van der Waals surface area (Å²) < 4.78 is 58.2. The van der Waals surface area contributed by atoms with Crippen LogP contribution in [-0.2, 0) is 4.79 Å². The lowest BCUT2D eigenvalue weighted by Crippen LogP contribution is -2.47. The van der Waals surface area contributed by atoms with Crippen molar-refractivity contribution in [1.82, 2.24) is 25.3 Å². The molecule has 1 amide bonds. The average molecular weight is 671 g/mol. The van der Waals surface area contributed by atoms with Gasteiger partial charge in [0, 0.05) is 54.3 Å². The molecule has 0 spiro atoms. The van der Waals surface area contributed by atoms with Crippen molar-refractivity contribution in [2.45, 2.75) is 44.3 Å². The van der Waals surface area contributed by atoms with Crippen molar-refractivity contribution in [2.24, 2.45) is 5.92 Å². The van der Waals surface area contributed by atoms with E-state index in [1.807, 2.05) is 29.2 Å². The monoisotopic (exact) mass is 670 g/mol. The standard InChI is InChI=1S/C31H33FN6O3.C2HF3O2/c1-40-25-14-23(15-26(16-25)41-19-20-8-9-20)31(39)36-17-24-7-2-3-12-38(24)30-27(32)18-35-29(37-30)22-6-4-5-21(13-22)28-33-10-11-34-28;3-2(4,5)1(6)7/h4-6,10-11,13-16,18,20,24H,2-3,7-9,12,17,19H2,1H3,(H,33,34)(H,36,39);(H,6,7). The Hall–Kier alpha value is -5.21. The number of aromatic nitrogens is 4. The summed E-state index contributed by atoms with van der Waals surface area (Å²) in [6.07, 6.45) is 4.67. The van der Waals surface area contributed by atoms with Gasteiger partial charge in [0.2, 0.25) is 0 Å². The Labute approximate surface area is 273 Å². The highest BCUT2D eigenvalue weighted by atomic mass is 19.4. The van der Waals surface area contributed by atoms with Crippen LogP contribution in [0.5, 0.6) is 11.5 Å². The maximum absolute atomic E-state index is 15.2. The van der Waals surface area contributed by atoms with Crippen molar-refractivity contribution in [3.8, 4) is 34.3 Å². The van der Waals surface area contributed by atoms with E-state index in [0.717, 1.165) is 36.2 Å². The SMILES string of the molecule is COc1cc(OCC2CC2)cc(C(=O)NCC2CCCCN2c2nc(-c3cccc(-c4ncc[nH]4)c3)ncc2F)c1.O=C(O)C(F)(F)F. The van der Waals surface area contributed by atoms with Crippen LogP contribution >= 0.6 is 0 Å². The largest absolute Gasteiger partial charge is 0.497 e. The molecule has 6 rings (SSSR count). The first-order valence-corrected chi connectivity index (χ1v) is 15.3. The van der Waals surface area contributed by atoms with Crippen LogP contribution in [0, 0.1) is 11.7 Å². The number of carbonyl (C=O) groups excluding carboxylic acids is 1. The van der Waals surface area contributed by atoms with E-state index in [4.69, 9.17) is 19.4 Å². The summed E-state index contributed by atoms with van der Waals surface area (Å²) in [6.45, 7) is 1.63. The Balaban J connectivity index is 0.000000582. The Kier molecular flexibility index (Phi) is 10.8. The number of amides is 1. The average Bonchev–Trinajstić information content (AvgIpc) is 3.76. The third-order valence-corrected chi connectivity index (χ3v) is 7.82. The number of methoxy groups -OCH3 is 1. The van der Waals surface area contributed by atoms with Crippen molar-refractivity contribution >= 4 is 17.7 Å². The molecule has 3 heterocycles. The highest BCUT2D eigenvalue weighted by Crippen LogP contribution is 2.32. The molecule has 0 bridgehead atoms. The number of benzene rings is 2. The smallest absolute Gasteiger partial charge is 0.490 e. The number of aromatic amines is 1.